The van der Waals surface area contributed by atoms with Crippen LogP contribution < -0.4 is 0 Å². The number of halogens is 1. The van der Waals surface area contributed by atoms with E-state index in [0.717, 1.165) is 18.4 Å². The van der Waals surface area contributed by atoms with E-state index in [1.807, 2.05) is 4.90 Å². The molecule has 0 N–H and O–H groups in total. The average Bonchev–Trinajstić information content (AvgIpc) is 2.34. The van der Waals surface area contributed by atoms with Crippen LogP contribution in [0.1, 0.15) is 38.7 Å². The number of benzene rings is 1. The Hall–Kier alpha value is -1.38. The first-order valence-corrected chi connectivity index (χ1v) is 6.62. The summed E-state index contributed by atoms with van der Waals surface area (Å²) in [5.41, 5.74) is 0.998. The smallest absolute Gasteiger partial charge is 0.223 e. The van der Waals surface area contributed by atoms with E-state index >= 15 is 0 Å². The highest BCUT2D eigenvalue weighted by molar-refractivity contribution is 5.77. The normalized spacial score (nSPS) is 20.6. The molecule has 98 valence electrons. The Morgan fingerprint density at radius 1 is 1.33 bits per heavy atom. The Balaban J connectivity index is 2.13. The van der Waals surface area contributed by atoms with Gasteiger partial charge in [0.1, 0.15) is 5.82 Å². The van der Waals surface area contributed by atoms with Crippen molar-refractivity contribution in [1.82, 2.24) is 4.90 Å². The van der Waals surface area contributed by atoms with E-state index in [1.54, 1.807) is 12.1 Å². The molecule has 0 spiro atoms. The van der Waals surface area contributed by atoms with Crippen LogP contribution in [0.3, 0.4) is 0 Å². The molecule has 0 aromatic heterocycles. The first-order valence-electron chi connectivity index (χ1n) is 6.62. The van der Waals surface area contributed by atoms with Crippen molar-refractivity contribution in [2.45, 2.75) is 45.7 Å². The summed E-state index contributed by atoms with van der Waals surface area (Å²) < 4.78 is 12.9. The van der Waals surface area contributed by atoms with E-state index < -0.39 is 0 Å². The van der Waals surface area contributed by atoms with Crippen molar-refractivity contribution in [3.63, 3.8) is 0 Å². The molecule has 0 saturated carbocycles. The Morgan fingerprint density at radius 2 is 2.00 bits per heavy atom. The van der Waals surface area contributed by atoms with E-state index in [1.165, 1.54) is 12.1 Å². The molecule has 18 heavy (non-hydrogen) atoms. The van der Waals surface area contributed by atoms with Crippen molar-refractivity contribution in [2.24, 2.45) is 5.92 Å². The zero-order chi connectivity index (χ0) is 13.1. The third kappa shape index (κ3) is 2.89. The van der Waals surface area contributed by atoms with Crippen LogP contribution in [0.2, 0.25) is 0 Å². The molecular weight excluding hydrogens is 229 g/mol. The van der Waals surface area contributed by atoms with E-state index in [9.17, 15) is 9.18 Å². The number of hydrogen-bond acceptors (Lipinski definition) is 1. The van der Waals surface area contributed by atoms with Crippen molar-refractivity contribution in [3.05, 3.63) is 35.6 Å². The molecule has 1 fully saturated rings. The summed E-state index contributed by atoms with van der Waals surface area (Å²) in [6.45, 7) is 4.91. The number of rotatable bonds is 3. The summed E-state index contributed by atoms with van der Waals surface area (Å²) in [6, 6.07) is 6.74. The van der Waals surface area contributed by atoms with Crippen LogP contribution in [-0.4, -0.2) is 16.8 Å². The minimum absolute atomic E-state index is 0.226. The minimum atomic E-state index is -0.232. The van der Waals surface area contributed by atoms with E-state index in [0.29, 0.717) is 24.9 Å². The number of nitrogens with zero attached hydrogens (tertiary/aromatic N) is 1. The molecule has 0 radical (unpaired) electrons. The second-order valence-corrected chi connectivity index (χ2v) is 5.35. The quantitative estimate of drug-likeness (QED) is 0.804. The Bertz CT molecular complexity index is 413. The molecule has 1 unspecified atom stereocenters. The van der Waals surface area contributed by atoms with Crippen LogP contribution in [0.4, 0.5) is 4.39 Å². The Labute approximate surface area is 108 Å². The molecule has 2 rings (SSSR count). The van der Waals surface area contributed by atoms with Gasteiger partial charge < -0.3 is 4.90 Å². The lowest BCUT2D eigenvalue weighted by molar-refractivity contribution is -0.138. The second-order valence-electron chi connectivity index (χ2n) is 5.35. The predicted molar refractivity (Wildman–Crippen MR) is 69.4 cm³/mol. The van der Waals surface area contributed by atoms with Crippen LogP contribution in [0.15, 0.2) is 24.3 Å². The number of amides is 1. The Morgan fingerprint density at radius 3 is 2.61 bits per heavy atom. The number of carbonyl (C=O) groups excluding carboxylic acids is 1. The van der Waals surface area contributed by atoms with Gasteiger partial charge in [-0.1, -0.05) is 26.0 Å². The van der Waals surface area contributed by atoms with Crippen LogP contribution >= 0.6 is 0 Å². The highest BCUT2D eigenvalue weighted by Crippen LogP contribution is 2.25. The fourth-order valence-electron chi connectivity index (χ4n) is 2.63. The SMILES string of the molecule is CC(C)C1CCCC(=O)N1Cc1ccc(F)cc1. The maximum atomic E-state index is 12.9. The number of hydrogen-bond donors (Lipinski definition) is 0. The zero-order valence-corrected chi connectivity index (χ0v) is 11.0. The maximum absolute atomic E-state index is 12.9. The predicted octanol–water partition coefficient (Wildman–Crippen LogP) is 3.36. The van der Waals surface area contributed by atoms with Crippen molar-refractivity contribution >= 4 is 5.91 Å². The highest BCUT2D eigenvalue weighted by Gasteiger charge is 2.29. The molecule has 1 saturated heterocycles. The maximum Gasteiger partial charge on any atom is 0.223 e. The summed E-state index contributed by atoms with van der Waals surface area (Å²) in [6.07, 6.45) is 2.70. The Kier molecular flexibility index (Phi) is 4.00. The van der Waals surface area contributed by atoms with Gasteiger partial charge in [-0.25, -0.2) is 4.39 Å². The van der Waals surface area contributed by atoms with E-state index in [4.69, 9.17) is 0 Å². The van der Waals surface area contributed by atoms with Gasteiger partial charge in [-0.15, -0.1) is 0 Å². The zero-order valence-electron chi connectivity index (χ0n) is 11.0. The third-order valence-corrected chi connectivity index (χ3v) is 3.65. The van der Waals surface area contributed by atoms with Crippen LogP contribution in [0.25, 0.3) is 0 Å². The van der Waals surface area contributed by atoms with Crippen LogP contribution in [-0.2, 0) is 11.3 Å². The molecule has 0 aliphatic carbocycles. The summed E-state index contributed by atoms with van der Waals surface area (Å²) in [4.78, 5) is 14.0. The topological polar surface area (TPSA) is 20.3 Å². The number of carbonyl (C=O) groups is 1. The van der Waals surface area contributed by atoms with E-state index in [-0.39, 0.29) is 11.7 Å². The molecule has 1 aliphatic rings. The van der Waals surface area contributed by atoms with Gasteiger partial charge in [0.15, 0.2) is 0 Å². The lowest BCUT2D eigenvalue weighted by Crippen LogP contribution is -2.45. The van der Waals surface area contributed by atoms with Crippen molar-refractivity contribution in [2.75, 3.05) is 0 Å². The number of piperidine rings is 1. The fraction of sp³-hybridized carbons (Fsp3) is 0.533. The van der Waals surface area contributed by atoms with Crippen LogP contribution in [0.5, 0.6) is 0 Å². The van der Waals surface area contributed by atoms with Gasteiger partial charge in [-0.3, -0.25) is 4.79 Å². The van der Waals surface area contributed by atoms with Gasteiger partial charge in [-0.2, -0.15) is 0 Å². The first kappa shape index (κ1) is 13.1. The molecule has 1 amide bonds. The molecule has 2 nitrogen and oxygen atoms in total. The minimum Gasteiger partial charge on any atom is -0.335 e. The summed E-state index contributed by atoms with van der Waals surface area (Å²) >= 11 is 0. The van der Waals surface area contributed by atoms with Gasteiger partial charge >= 0.3 is 0 Å². The van der Waals surface area contributed by atoms with Crippen molar-refractivity contribution in [3.8, 4) is 0 Å². The van der Waals surface area contributed by atoms with Crippen LogP contribution in [0, 0.1) is 11.7 Å². The molecule has 1 aromatic carbocycles. The lowest BCUT2D eigenvalue weighted by atomic mass is 9.92. The second kappa shape index (κ2) is 5.51. The molecule has 0 bridgehead atoms. The van der Waals surface area contributed by atoms with Crippen molar-refractivity contribution in [1.29, 1.82) is 0 Å². The molecule has 3 heteroatoms. The molecular formula is C15H20FNO. The molecule has 1 aromatic rings. The number of likely N-dealkylation sites (tertiary alicyclic amines) is 1. The first-order chi connectivity index (χ1) is 8.58. The standard InChI is InChI=1S/C15H20FNO/c1-11(2)14-4-3-5-15(18)17(14)10-12-6-8-13(16)9-7-12/h6-9,11,14H,3-5,10H2,1-2H3. The van der Waals surface area contributed by atoms with Gasteiger partial charge in [-0.05, 0) is 36.5 Å². The summed E-state index contributed by atoms with van der Waals surface area (Å²) in [5.74, 6) is 0.461. The molecule has 1 heterocycles. The third-order valence-electron chi connectivity index (χ3n) is 3.65. The highest BCUT2D eigenvalue weighted by atomic mass is 19.1. The van der Waals surface area contributed by atoms with Gasteiger partial charge in [0, 0.05) is 19.0 Å². The monoisotopic (exact) mass is 249 g/mol. The molecule has 1 aliphatic heterocycles. The summed E-state index contributed by atoms with van der Waals surface area (Å²) in [5, 5.41) is 0. The largest absolute Gasteiger partial charge is 0.335 e. The lowest BCUT2D eigenvalue weighted by Gasteiger charge is -2.38. The average molecular weight is 249 g/mol. The molecule has 1 atom stereocenters. The van der Waals surface area contributed by atoms with Gasteiger partial charge in [0.2, 0.25) is 5.91 Å². The summed E-state index contributed by atoms with van der Waals surface area (Å²) in [7, 11) is 0. The van der Waals surface area contributed by atoms with E-state index in [2.05, 4.69) is 13.8 Å². The van der Waals surface area contributed by atoms with Crippen molar-refractivity contribution < 1.29 is 9.18 Å². The van der Waals surface area contributed by atoms with Gasteiger partial charge in [0.25, 0.3) is 0 Å². The fourth-order valence-corrected chi connectivity index (χ4v) is 2.63. The van der Waals surface area contributed by atoms with Gasteiger partial charge in [0.05, 0.1) is 0 Å².